The van der Waals surface area contributed by atoms with Gasteiger partial charge in [0, 0.05) is 0 Å². The van der Waals surface area contributed by atoms with Crippen LogP contribution in [0.2, 0.25) is 0 Å². The van der Waals surface area contributed by atoms with Crippen LogP contribution < -0.4 is 0 Å². The second kappa shape index (κ2) is 4.96. The molecule has 0 spiro atoms. The summed E-state index contributed by atoms with van der Waals surface area (Å²) in [6.07, 6.45) is 0. The van der Waals surface area contributed by atoms with Gasteiger partial charge in [-0.1, -0.05) is 0 Å². The van der Waals surface area contributed by atoms with E-state index in [0.29, 0.717) is 5.82 Å². The smallest absolute Gasteiger partial charge is 0.323 e. The predicted molar refractivity (Wildman–Crippen MR) is 82.7 cm³/mol. The van der Waals surface area contributed by atoms with Gasteiger partial charge >= 0.3 is 5.97 Å². The van der Waals surface area contributed by atoms with Crippen LogP contribution in [-0.4, -0.2) is 25.6 Å². The number of rotatable bonds is 3. The van der Waals surface area contributed by atoms with Gasteiger partial charge < -0.3 is 9.67 Å². The summed E-state index contributed by atoms with van der Waals surface area (Å²) < 4.78 is 1.75. The van der Waals surface area contributed by atoms with Crippen molar-refractivity contribution in [2.24, 2.45) is 0 Å². The van der Waals surface area contributed by atoms with Gasteiger partial charge in [-0.3, -0.25) is 4.79 Å². The standard InChI is InChI=1S/C15H15N3O2S/c1-8-4-11-12(5-9(8)2)18(6-13(19)20)15(17-11)14-10(3)16-7-21-14/h4-5,7H,6H2,1-3H3,(H,19,20). The van der Waals surface area contributed by atoms with Gasteiger partial charge in [-0.05, 0) is 44.0 Å². The molecule has 0 aliphatic rings. The molecule has 3 rings (SSSR count). The average Bonchev–Trinajstić information content (AvgIpc) is 2.95. The number of nitrogens with zero attached hydrogens (tertiary/aromatic N) is 3. The number of carboxylic acid groups (broad SMARTS) is 1. The van der Waals surface area contributed by atoms with Crippen molar-refractivity contribution in [1.29, 1.82) is 0 Å². The first-order chi connectivity index (χ1) is 9.97. The maximum absolute atomic E-state index is 11.2. The molecule has 0 aliphatic carbocycles. The third-order valence-electron chi connectivity index (χ3n) is 3.61. The van der Waals surface area contributed by atoms with Crippen molar-refractivity contribution in [2.45, 2.75) is 27.3 Å². The zero-order valence-electron chi connectivity index (χ0n) is 12.0. The number of hydrogen-bond acceptors (Lipinski definition) is 4. The number of aromatic nitrogens is 3. The molecule has 3 aromatic rings. The molecule has 0 aliphatic heterocycles. The molecule has 6 heteroatoms. The van der Waals surface area contributed by atoms with Crippen molar-refractivity contribution in [3.05, 3.63) is 34.5 Å². The van der Waals surface area contributed by atoms with Crippen LogP contribution in [0.25, 0.3) is 21.7 Å². The van der Waals surface area contributed by atoms with Gasteiger partial charge in [0.25, 0.3) is 0 Å². The quantitative estimate of drug-likeness (QED) is 0.807. The van der Waals surface area contributed by atoms with Gasteiger partial charge in [0.1, 0.15) is 6.54 Å². The SMILES string of the molecule is Cc1cc2nc(-c3scnc3C)n(CC(=O)O)c2cc1C. The molecule has 0 amide bonds. The fourth-order valence-corrected chi connectivity index (χ4v) is 3.17. The van der Waals surface area contributed by atoms with Crippen molar-refractivity contribution < 1.29 is 9.90 Å². The number of benzene rings is 1. The Bertz CT molecular complexity index is 848. The van der Waals surface area contributed by atoms with Crippen molar-refractivity contribution in [1.82, 2.24) is 14.5 Å². The van der Waals surface area contributed by atoms with E-state index >= 15 is 0 Å². The Labute approximate surface area is 125 Å². The van der Waals surface area contributed by atoms with E-state index in [0.717, 1.165) is 32.7 Å². The highest BCUT2D eigenvalue weighted by Gasteiger charge is 2.18. The van der Waals surface area contributed by atoms with Gasteiger partial charge in [-0.2, -0.15) is 0 Å². The largest absolute Gasteiger partial charge is 0.480 e. The van der Waals surface area contributed by atoms with Crippen LogP contribution >= 0.6 is 11.3 Å². The Morgan fingerprint density at radius 3 is 2.62 bits per heavy atom. The van der Waals surface area contributed by atoms with E-state index in [1.54, 1.807) is 10.1 Å². The highest BCUT2D eigenvalue weighted by Crippen LogP contribution is 2.31. The van der Waals surface area contributed by atoms with Crippen LogP contribution in [0.4, 0.5) is 0 Å². The number of thiazole rings is 1. The van der Waals surface area contributed by atoms with Crippen molar-refractivity contribution in [3.63, 3.8) is 0 Å². The van der Waals surface area contributed by atoms with E-state index in [2.05, 4.69) is 9.97 Å². The molecule has 0 radical (unpaired) electrons. The van der Waals surface area contributed by atoms with Gasteiger partial charge in [-0.15, -0.1) is 11.3 Å². The maximum Gasteiger partial charge on any atom is 0.323 e. The summed E-state index contributed by atoms with van der Waals surface area (Å²) in [6, 6.07) is 4.00. The lowest BCUT2D eigenvalue weighted by atomic mass is 10.1. The number of imidazole rings is 1. The van der Waals surface area contributed by atoms with Gasteiger partial charge in [-0.25, -0.2) is 9.97 Å². The van der Waals surface area contributed by atoms with E-state index < -0.39 is 5.97 Å². The highest BCUT2D eigenvalue weighted by molar-refractivity contribution is 7.13. The zero-order valence-corrected chi connectivity index (χ0v) is 12.9. The molecule has 108 valence electrons. The van der Waals surface area contributed by atoms with Crippen molar-refractivity contribution in [2.75, 3.05) is 0 Å². The minimum atomic E-state index is -0.879. The topological polar surface area (TPSA) is 68.0 Å². The van der Waals surface area contributed by atoms with Crippen molar-refractivity contribution >= 4 is 28.3 Å². The first-order valence-electron chi connectivity index (χ1n) is 6.57. The first kappa shape index (κ1) is 13.8. The Morgan fingerprint density at radius 2 is 2.00 bits per heavy atom. The molecule has 0 fully saturated rings. The number of aliphatic carboxylic acids is 1. The summed E-state index contributed by atoms with van der Waals surface area (Å²) in [4.78, 5) is 21.0. The summed E-state index contributed by atoms with van der Waals surface area (Å²) >= 11 is 1.48. The molecule has 2 aromatic heterocycles. The van der Waals surface area contributed by atoms with Crippen LogP contribution in [0.3, 0.4) is 0 Å². The molecule has 0 unspecified atom stereocenters. The summed E-state index contributed by atoms with van der Waals surface area (Å²) in [5, 5.41) is 9.20. The minimum absolute atomic E-state index is 0.105. The average molecular weight is 301 g/mol. The lowest BCUT2D eigenvalue weighted by Gasteiger charge is -2.06. The molecule has 5 nitrogen and oxygen atoms in total. The van der Waals surface area contributed by atoms with E-state index in [1.165, 1.54) is 11.3 Å². The van der Waals surface area contributed by atoms with E-state index in [9.17, 15) is 9.90 Å². The number of fused-ring (bicyclic) bond motifs is 1. The van der Waals surface area contributed by atoms with Crippen LogP contribution in [0, 0.1) is 20.8 Å². The third kappa shape index (κ3) is 2.31. The predicted octanol–water partition coefficient (Wildman–Crippen LogP) is 3.17. The van der Waals surface area contributed by atoms with Crippen LogP contribution in [-0.2, 0) is 11.3 Å². The summed E-state index contributed by atoms with van der Waals surface area (Å²) in [6.45, 7) is 5.85. The first-order valence-corrected chi connectivity index (χ1v) is 7.45. The van der Waals surface area contributed by atoms with Crippen molar-refractivity contribution in [3.8, 4) is 10.7 Å². The fourth-order valence-electron chi connectivity index (χ4n) is 2.37. The molecule has 0 saturated carbocycles. The molecule has 1 aromatic carbocycles. The zero-order chi connectivity index (χ0) is 15.1. The Balaban J connectivity index is 2.33. The number of carboxylic acids is 1. The maximum atomic E-state index is 11.2. The van der Waals surface area contributed by atoms with Gasteiger partial charge in [0.05, 0.1) is 27.1 Å². The normalized spacial score (nSPS) is 11.2. The van der Waals surface area contributed by atoms with Crippen LogP contribution in [0.5, 0.6) is 0 Å². The molecular weight excluding hydrogens is 286 g/mol. The fraction of sp³-hybridized carbons (Fsp3) is 0.267. The lowest BCUT2D eigenvalue weighted by Crippen LogP contribution is -2.10. The molecular formula is C15H15N3O2S. The van der Waals surface area contributed by atoms with E-state index in [4.69, 9.17) is 0 Å². The highest BCUT2D eigenvalue weighted by atomic mass is 32.1. The lowest BCUT2D eigenvalue weighted by molar-refractivity contribution is -0.137. The number of carbonyl (C=O) groups is 1. The van der Waals surface area contributed by atoms with E-state index in [1.807, 2.05) is 32.9 Å². The van der Waals surface area contributed by atoms with Crippen LogP contribution in [0.1, 0.15) is 16.8 Å². The monoisotopic (exact) mass is 301 g/mol. The third-order valence-corrected chi connectivity index (χ3v) is 4.53. The van der Waals surface area contributed by atoms with Gasteiger partial charge in [0.15, 0.2) is 5.82 Å². The second-order valence-corrected chi connectivity index (χ2v) is 5.96. The van der Waals surface area contributed by atoms with Gasteiger partial charge in [0.2, 0.25) is 0 Å². The molecule has 0 bridgehead atoms. The minimum Gasteiger partial charge on any atom is -0.480 e. The molecule has 0 atom stereocenters. The Morgan fingerprint density at radius 1 is 1.29 bits per heavy atom. The molecule has 0 saturated heterocycles. The summed E-state index contributed by atoms with van der Waals surface area (Å²) in [7, 11) is 0. The molecule has 1 N–H and O–H groups in total. The van der Waals surface area contributed by atoms with E-state index in [-0.39, 0.29) is 6.54 Å². The summed E-state index contributed by atoms with van der Waals surface area (Å²) in [5.41, 5.74) is 6.57. The number of hydrogen-bond donors (Lipinski definition) is 1. The Kier molecular flexibility index (Phi) is 3.25. The van der Waals surface area contributed by atoms with Crippen LogP contribution in [0.15, 0.2) is 17.6 Å². The number of aryl methyl sites for hydroxylation is 3. The summed E-state index contributed by atoms with van der Waals surface area (Å²) in [5.74, 6) is -0.201. The Hall–Kier alpha value is -2.21. The molecule has 2 heterocycles. The molecule has 21 heavy (non-hydrogen) atoms. The second-order valence-electron chi connectivity index (χ2n) is 5.11.